The minimum Gasteiger partial charge on any atom is -0.451 e. The van der Waals surface area contributed by atoms with E-state index < -0.39 is 5.97 Å². The summed E-state index contributed by atoms with van der Waals surface area (Å²) in [7, 11) is 0. The molecular weight excluding hydrogens is 358 g/mol. The molecule has 0 unspecified atom stereocenters. The van der Waals surface area contributed by atoms with Gasteiger partial charge in [-0.15, -0.1) is 11.3 Å². The smallest absolute Gasteiger partial charge is 0.348 e. The first-order valence-corrected chi connectivity index (χ1v) is 10.4. The molecule has 27 heavy (non-hydrogen) atoms. The van der Waals surface area contributed by atoms with Crippen molar-refractivity contribution in [3.8, 4) is 0 Å². The maximum absolute atomic E-state index is 12.3. The minimum absolute atomic E-state index is 0.131. The van der Waals surface area contributed by atoms with Crippen molar-refractivity contribution >= 4 is 23.2 Å². The third-order valence-corrected chi connectivity index (χ3v) is 6.41. The molecule has 0 fully saturated rings. The van der Waals surface area contributed by atoms with E-state index in [0.29, 0.717) is 4.88 Å². The van der Waals surface area contributed by atoms with Gasteiger partial charge in [-0.1, -0.05) is 24.6 Å². The van der Waals surface area contributed by atoms with E-state index in [1.54, 1.807) is 0 Å². The van der Waals surface area contributed by atoms with Crippen LogP contribution in [0.15, 0.2) is 24.3 Å². The fraction of sp³-hybridized carbons (Fsp3) is 0.455. The Labute approximate surface area is 164 Å². The largest absolute Gasteiger partial charge is 0.451 e. The number of aryl methyl sites for hydroxylation is 4. The molecule has 0 spiro atoms. The molecule has 2 aromatic rings. The standard InChI is InChI=1S/C22H27NO3S/c1-14-9-10-17(11-15(14)2)16(3)23-21(24)13-26-22(25)20-12-18-7-5-4-6-8-19(18)27-20/h9-12,16H,4-8,13H2,1-3H3,(H,23,24)/t16-/m1/s1. The summed E-state index contributed by atoms with van der Waals surface area (Å²) in [5, 5.41) is 2.89. The maximum Gasteiger partial charge on any atom is 0.348 e. The summed E-state index contributed by atoms with van der Waals surface area (Å²) >= 11 is 1.52. The van der Waals surface area contributed by atoms with Gasteiger partial charge in [0.05, 0.1) is 6.04 Å². The quantitative estimate of drug-likeness (QED) is 0.601. The van der Waals surface area contributed by atoms with E-state index in [9.17, 15) is 9.59 Å². The molecule has 5 heteroatoms. The van der Waals surface area contributed by atoms with E-state index in [1.807, 2.05) is 25.1 Å². The Balaban J connectivity index is 1.52. The van der Waals surface area contributed by atoms with Crippen molar-refractivity contribution in [1.29, 1.82) is 0 Å². The van der Waals surface area contributed by atoms with Gasteiger partial charge < -0.3 is 10.1 Å². The highest BCUT2D eigenvalue weighted by Gasteiger charge is 2.19. The molecule has 4 nitrogen and oxygen atoms in total. The molecule has 0 bridgehead atoms. The number of nitrogens with one attached hydrogen (secondary N) is 1. The van der Waals surface area contributed by atoms with Crippen LogP contribution >= 0.6 is 11.3 Å². The molecular formula is C22H27NO3S. The second-order valence-electron chi connectivity index (χ2n) is 7.33. The number of thiophene rings is 1. The van der Waals surface area contributed by atoms with Crippen molar-refractivity contribution in [3.63, 3.8) is 0 Å². The van der Waals surface area contributed by atoms with Gasteiger partial charge in [0.2, 0.25) is 0 Å². The third kappa shape index (κ3) is 4.98. The van der Waals surface area contributed by atoms with E-state index in [-0.39, 0.29) is 18.6 Å². The van der Waals surface area contributed by atoms with Crippen LogP contribution in [0.25, 0.3) is 0 Å². The Morgan fingerprint density at radius 1 is 1.11 bits per heavy atom. The fourth-order valence-electron chi connectivity index (χ4n) is 3.37. The lowest BCUT2D eigenvalue weighted by molar-refractivity contribution is -0.124. The molecule has 1 aromatic heterocycles. The molecule has 0 radical (unpaired) electrons. The van der Waals surface area contributed by atoms with Crippen molar-refractivity contribution in [1.82, 2.24) is 5.32 Å². The van der Waals surface area contributed by atoms with Crippen LogP contribution in [0, 0.1) is 13.8 Å². The van der Waals surface area contributed by atoms with Crippen molar-refractivity contribution in [2.24, 2.45) is 0 Å². The summed E-state index contributed by atoms with van der Waals surface area (Å²) in [5.74, 6) is -0.686. The summed E-state index contributed by atoms with van der Waals surface area (Å²) in [4.78, 5) is 26.4. The Morgan fingerprint density at radius 3 is 2.67 bits per heavy atom. The van der Waals surface area contributed by atoms with Crippen LogP contribution < -0.4 is 5.32 Å². The number of ether oxygens (including phenoxy) is 1. The lowest BCUT2D eigenvalue weighted by atomic mass is 10.0. The fourth-order valence-corrected chi connectivity index (χ4v) is 4.52. The molecule has 0 aliphatic heterocycles. The van der Waals surface area contributed by atoms with Crippen LogP contribution in [0.3, 0.4) is 0 Å². The van der Waals surface area contributed by atoms with E-state index >= 15 is 0 Å². The molecule has 1 aromatic carbocycles. The molecule has 0 saturated carbocycles. The van der Waals surface area contributed by atoms with E-state index in [0.717, 1.165) is 18.4 Å². The highest BCUT2D eigenvalue weighted by Crippen LogP contribution is 2.29. The Morgan fingerprint density at radius 2 is 1.89 bits per heavy atom. The van der Waals surface area contributed by atoms with Crippen LogP contribution in [-0.2, 0) is 22.4 Å². The van der Waals surface area contributed by atoms with Gasteiger partial charge in [-0.3, -0.25) is 4.79 Å². The number of hydrogen-bond donors (Lipinski definition) is 1. The van der Waals surface area contributed by atoms with E-state index in [2.05, 4.69) is 25.2 Å². The summed E-state index contributed by atoms with van der Waals surface area (Å²) in [6, 6.07) is 7.95. The van der Waals surface area contributed by atoms with Crippen molar-refractivity contribution in [2.45, 2.75) is 58.9 Å². The maximum atomic E-state index is 12.3. The number of fused-ring (bicyclic) bond motifs is 1. The Hall–Kier alpha value is -2.14. The van der Waals surface area contributed by atoms with Crippen LogP contribution in [0.1, 0.15) is 69.0 Å². The SMILES string of the molecule is Cc1ccc([C@@H](C)NC(=O)COC(=O)c2cc3c(s2)CCCCC3)cc1C. The van der Waals surface area contributed by atoms with Crippen LogP contribution in [0.2, 0.25) is 0 Å². The van der Waals surface area contributed by atoms with Gasteiger partial charge in [0.25, 0.3) is 5.91 Å². The average Bonchev–Trinajstić information content (AvgIpc) is 2.92. The lowest BCUT2D eigenvalue weighted by Gasteiger charge is -2.15. The minimum atomic E-state index is -0.401. The Kier molecular flexibility index (Phi) is 6.32. The van der Waals surface area contributed by atoms with Crippen LogP contribution in [-0.4, -0.2) is 18.5 Å². The number of rotatable bonds is 5. The monoisotopic (exact) mass is 385 g/mol. The second kappa shape index (κ2) is 8.70. The van der Waals surface area contributed by atoms with Gasteiger partial charge in [0, 0.05) is 4.88 Å². The molecule has 1 aliphatic rings. The zero-order valence-corrected chi connectivity index (χ0v) is 17.1. The average molecular weight is 386 g/mol. The van der Waals surface area contributed by atoms with E-state index in [4.69, 9.17) is 4.74 Å². The Bertz CT molecular complexity index is 817. The number of hydrogen-bond acceptors (Lipinski definition) is 4. The number of carbonyl (C=O) groups is 2. The van der Waals surface area contributed by atoms with Gasteiger partial charge in [0.1, 0.15) is 4.88 Å². The molecule has 3 rings (SSSR count). The predicted molar refractivity (Wildman–Crippen MR) is 108 cm³/mol. The molecule has 1 heterocycles. The summed E-state index contributed by atoms with van der Waals surface area (Å²) < 4.78 is 5.24. The predicted octanol–water partition coefficient (Wildman–Crippen LogP) is 4.67. The van der Waals surface area contributed by atoms with Gasteiger partial charge >= 0.3 is 5.97 Å². The first kappa shape index (κ1) is 19.6. The molecule has 0 saturated heterocycles. The van der Waals surface area contributed by atoms with Crippen LogP contribution in [0.4, 0.5) is 0 Å². The second-order valence-corrected chi connectivity index (χ2v) is 8.47. The van der Waals surface area contributed by atoms with Gasteiger partial charge in [-0.2, -0.15) is 0 Å². The highest BCUT2D eigenvalue weighted by atomic mass is 32.1. The zero-order chi connectivity index (χ0) is 19.4. The summed E-state index contributed by atoms with van der Waals surface area (Å²) in [6.07, 6.45) is 5.69. The topological polar surface area (TPSA) is 55.4 Å². The van der Waals surface area contributed by atoms with E-state index in [1.165, 1.54) is 52.2 Å². The molecule has 1 N–H and O–H groups in total. The van der Waals surface area contributed by atoms with Gasteiger partial charge in [-0.25, -0.2) is 4.79 Å². The van der Waals surface area contributed by atoms with Crippen molar-refractivity contribution in [3.05, 3.63) is 56.3 Å². The number of carbonyl (C=O) groups excluding carboxylic acids is 2. The third-order valence-electron chi connectivity index (χ3n) is 5.19. The first-order valence-electron chi connectivity index (χ1n) is 9.59. The first-order chi connectivity index (χ1) is 12.9. The van der Waals surface area contributed by atoms with Crippen molar-refractivity contribution < 1.29 is 14.3 Å². The van der Waals surface area contributed by atoms with Gasteiger partial charge in [0.15, 0.2) is 6.61 Å². The number of esters is 1. The number of amides is 1. The van der Waals surface area contributed by atoms with Gasteiger partial charge in [-0.05, 0) is 74.8 Å². The molecule has 144 valence electrons. The highest BCUT2D eigenvalue weighted by molar-refractivity contribution is 7.14. The summed E-state index contributed by atoms with van der Waals surface area (Å²) in [6.45, 7) is 5.79. The number of benzene rings is 1. The van der Waals surface area contributed by atoms with Crippen molar-refractivity contribution in [2.75, 3.05) is 6.61 Å². The normalized spacial score (nSPS) is 14.8. The van der Waals surface area contributed by atoms with Crippen LogP contribution in [0.5, 0.6) is 0 Å². The molecule has 1 aliphatic carbocycles. The molecule has 1 atom stereocenters. The molecule has 1 amide bonds. The summed E-state index contributed by atoms with van der Waals surface area (Å²) in [5.41, 5.74) is 4.73. The zero-order valence-electron chi connectivity index (χ0n) is 16.3. The lowest BCUT2D eigenvalue weighted by Crippen LogP contribution is -2.31.